The highest BCUT2D eigenvalue weighted by Crippen LogP contribution is 2.26. The molecular formula is C20H22N2O2S. The zero-order valence-corrected chi connectivity index (χ0v) is 15.5. The smallest absolute Gasteiger partial charge is 0.253 e. The molecule has 0 aliphatic carbocycles. The molecule has 1 amide bonds. The Morgan fingerprint density at radius 3 is 2.84 bits per heavy atom. The van der Waals surface area contributed by atoms with Crippen molar-refractivity contribution in [1.29, 1.82) is 0 Å². The lowest BCUT2D eigenvalue weighted by atomic mass is 10.0. The van der Waals surface area contributed by atoms with Crippen LogP contribution >= 0.6 is 11.3 Å². The first-order valence-corrected chi connectivity index (χ1v) is 9.27. The number of carbonyl (C=O) groups is 1. The lowest BCUT2D eigenvalue weighted by molar-refractivity contribution is 0.0436. The minimum absolute atomic E-state index is 0.00291. The molecular weight excluding hydrogens is 332 g/mol. The summed E-state index contributed by atoms with van der Waals surface area (Å²) in [5.41, 5.74) is 5.61. The van der Waals surface area contributed by atoms with E-state index in [1.807, 2.05) is 50.7 Å². The molecule has 25 heavy (non-hydrogen) atoms. The first-order valence-electron chi connectivity index (χ1n) is 8.39. The molecule has 0 bridgehead atoms. The van der Waals surface area contributed by atoms with Crippen LogP contribution in [0.3, 0.4) is 0 Å². The van der Waals surface area contributed by atoms with Crippen LogP contribution in [0, 0.1) is 0 Å². The van der Waals surface area contributed by atoms with Gasteiger partial charge in [0.1, 0.15) is 0 Å². The molecule has 0 aliphatic heterocycles. The molecule has 3 aromatic rings. The molecule has 4 nitrogen and oxygen atoms in total. The average molecular weight is 354 g/mol. The van der Waals surface area contributed by atoms with Gasteiger partial charge in [-0.15, -0.1) is 11.3 Å². The highest BCUT2D eigenvalue weighted by Gasteiger charge is 2.15. The molecule has 5 heteroatoms. The molecule has 1 aromatic heterocycles. The number of thiazole rings is 1. The van der Waals surface area contributed by atoms with Crippen LogP contribution in [0.1, 0.15) is 24.2 Å². The van der Waals surface area contributed by atoms with Crippen molar-refractivity contribution in [2.45, 2.75) is 20.0 Å². The number of nitrogens with zero attached hydrogens (tertiary/aromatic N) is 2. The third-order valence-electron chi connectivity index (χ3n) is 4.10. The minimum atomic E-state index is 0.00291. The molecule has 0 aliphatic rings. The standard InChI is InChI=1S/C20H22N2O2S/c1-4-24-14(2)12-22(3)20(23)17-7-5-6-15(10-17)16-8-9-19-18(11-16)21-13-25-19/h5-11,13-14H,4,12H2,1-3H3/t14-/m0/s1. The molecule has 130 valence electrons. The van der Waals surface area contributed by atoms with Gasteiger partial charge >= 0.3 is 0 Å². The Morgan fingerprint density at radius 2 is 2.04 bits per heavy atom. The number of rotatable bonds is 6. The number of amides is 1. The Balaban J connectivity index is 1.81. The van der Waals surface area contributed by atoms with Crippen LogP contribution in [-0.2, 0) is 4.74 Å². The van der Waals surface area contributed by atoms with Gasteiger partial charge in [-0.25, -0.2) is 4.98 Å². The number of hydrogen-bond donors (Lipinski definition) is 0. The molecule has 0 radical (unpaired) electrons. The maximum Gasteiger partial charge on any atom is 0.253 e. The Kier molecular flexibility index (Phi) is 5.46. The molecule has 0 unspecified atom stereocenters. The van der Waals surface area contributed by atoms with Crippen molar-refractivity contribution in [3.05, 3.63) is 53.5 Å². The molecule has 1 heterocycles. The third kappa shape index (κ3) is 4.06. The summed E-state index contributed by atoms with van der Waals surface area (Å²) >= 11 is 1.63. The number of hydrogen-bond acceptors (Lipinski definition) is 4. The van der Waals surface area contributed by atoms with Gasteiger partial charge in [0.15, 0.2) is 0 Å². The predicted molar refractivity (Wildman–Crippen MR) is 103 cm³/mol. The van der Waals surface area contributed by atoms with E-state index in [0.717, 1.165) is 16.6 Å². The van der Waals surface area contributed by atoms with Crippen molar-refractivity contribution < 1.29 is 9.53 Å². The van der Waals surface area contributed by atoms with Crippen molar-refractivity contribution in [2.75, 3.05) is 20.2 Å². The lowest BCUT2D eigenvalue weighted by Gasteiger charge is -2.21. The zero-order valence-electron chi connectivity index (χ0n) is 14.7. The van der Waals surface area contributed by atoms with Gasteiger partial charge in [-0.2, -0.15) is 0 Å². The van der Waals surface area contributed by atoms with Gasteiger partial charge in [-0.1, -0.05) is 18.2 Å². The number of aromatic nitrogens is 1. The van der Waals surface area contributed by atoms with Gasteiger partial charge in [0.2, 0.25) is 0 Å². The van der Waals surface area contributed by atoms with E-state index in [4.69, 9.17) is 4.74 Å². The fraction of sp³-hybridized carbons (Fsp3) is 0.300. The maximum absolute atomic E-state index is 12.7. The van der Waals surface area contributed by atoms with Gasteiger partial charge in [-0.05, 0) is 49.2 Å². The lowest BCUT2D eigenvalue weighted by Crippen LogP contribution is -2.34. The minimum Gasteiger partial charge on any atom is -0.377 e. The molecule has 0 spiro atoms. The van der Waals surface area contributed by atoms with E-state index >= 15 is 0 Å². The number of fused-ring (bicyclic) bond motifs is 1. The highest BCUT2D eigenvalue weighted by atomic mass is 32.1. The van der Waals surface area contributed by atoms with E-state index in [1.165, 1.54) is 4.70 Å². The van der Waals surface area contributed by atoms with E-state index in [9.17, 15) is 4.79 Å². The summed E-state index contributed by atoms with van der Waals surface area (Å²) < 4.78 is 6.69. The van der Waals surface area contributed by atoms with Crippen molar-refractivity contribution in [1.82, 2.24) is 9.88 Å². The number of benzene rings is 2. The number of likely N-dealkylation sites (N-methyl/N-ethyl adjacent to an activating group) is 1. The van der Waals surface area contributed by atoms with Gasteiger partial charge in [0.25, 0.3) is 5.91 Å². The Hall–Kier alpha value is -2.24. The largest absolute Gasteiger partial charge is 0.377 e. The summed E-state index contributed by atoms with van der Waals surface area (Å²) in [5.74, 6) is 0.00291. The summed E-state index contributed by atoms with van der Waals surface area (Å²) in [5, 5.41) is 0. The van der Waals surface area contributed by atoms with Crippen molar-refractivity contribution in [3.63, 3.8) is 0 Å². The second kappa shape index (κ2) is 7.76. The van der Waals surface area contributed by atoms with Gasteiger partial charge in [0, 0.05) is 25.8 Å². The fourth-order valence-corrected chi connectivity index (χ4v) is 3.55. The Labute approximate surface area is 152 Å². The maximum atomic E-state index is 12.7. The Morgan fingerprint density at radius 1 is 1.24 bits per heavy atom. The average Bonchev–Trinajstić information content (AvgIpc) is 3.09. The van der Waals surface area contributed by atoms with E-state index in [2.05, 4.69) is 23.2 Å². The topological polar surface area (TPSA) is 42.4 Å². The normalized spacial score (nSPS) is 12.3. The molecule has 0 N–H and O–H groups in total. The quantitative estimate of drug-likeness (QED) is 0.656. The molecule has 0 saturated carbocycles. The van der Waals surface area contributed by atoms with Crippen LogP contribution in [0.5, 0.6) is 0 Å². The number of carbonyl (C=O) groups excluding carboxylic acids is 1. The van der Waals surface area contributed by atoms with Crippen molar-refractivity contribution in [2.24, 2.45) is 0 Å². The summed E-state index contributed by atoms with van der Waals surface area (Å²) in [6, 6.07) is 14.0. The monoisotopic (exact) mass is 354 g/mol. The summed E-state index contributed by atoms with van der Waals surface area (Å²) in [6.45, 7) is 5.16. The Bertz CT molecular complexity index is 875. The molecule has 3 rings (SSSR count). The van der Waals surface area contributed by atoms with Crippen LogP contribution in [0.25, 0.3) is 21.3 Å². The zero-order chi connectivity index (χ0) is 17.8. The summed E-state index contributed by atoms with van der Waals surface area (Å²) in [4.78, 5) is 18.8. The summed E-state index contributed by atoms with van der Waals surface area (Å²) in [7, 11) is 1.81. The molecule has 0 saturated heterocycles. The molecule has 0 fully saturated rings. The van der Waals surface area contributed by atoms with Crippen LogP contribution in [0.2, 0.25) is 0 Å². The van der Waals surface area contributed by atoms with Crippen LogP contribution < -0.4 is 0 Å². The van der Waals surface area contributed by atoms with Crippen LogP contribution in [-0.4, -0.2) is 42.1 Å². The first-order chi connectivity index (χ1) is 12.1. The van der Waals surface area contributed by atoms with E-state index in [1.54, 1.807) is 16.2 Å². The predicted octanol–water partition coefficient (Wildman–Crippen LogP) is 4.46. The van der Waals surface area contributed by atoms with Crippen LogP contribution in [0.4, 0.5) is 0 Å². The van der Waals surface area contributed by atoms with Gasteiger partial charge in [-0.3, -0.25) is 4.79 Å². The first kappa shape index (κ1) is 17.6. The van der Waals surface area contributed by atoms with Crippen LogP contribution in [0.15, 0.2) is 48.0 Å². The van der Waals surface area contributed by atoms with E-state index in [0.29, 0.717) is 18.7 Å². The molecule has 1 atom stereocenters. The fourth-order valence-electron chi connectivity index (χ4n) is 2.90. The highest BCUT2D eigenvalue weighted by molar-refractivity contribution is 7.16. The van der Waals surface area contributed by atoms with E-state index < -0.39 is 0 Å². The third-order valence-corrected chi connectivity index (χ3v) is 4.91. The van der Waals surface area contributed by atoms with Gasteiger partial charge in [0.05, 0.1) is 21.8 Å². The van der Waals surface area contributed by atoms with Gasteiger partial charge < -0.3 is 9.64 Å². The second-order valence-electron chi connectivity index (χ2n) is 6.07. The summed E-state index contributed by atoms with van der Waals surface area (Å²) in [6.07, 6.45) is 0.0224. The molecule has 2 aromatic carbocycles. The number of ether oxygens (including phenoxy) is 1. The van der Waals surface area contributed by atoms with Crippen molar-refractivity contribution >= 4 is 27.5 Å². The van der Waals surface area contributed by atoms with E-state index in [-0.39, 0.29) is 12.0 Å². The van der Waals surface area contributed by atoms with Crippen molar-refractivity contribution in [3.8, 4) is 11.1 Å². The SMILES string of the molecule is CCO[C@@H](C)CN(C)C(=O)c1cccc(-c2ccc3scnc3c2)c1. The second-order valence-corrected chi connectivity index (χ2v) is 6.95.